The molecule has 0 aliphatic heterocycles. The molecule has 2 unspecified atom stereocenters. The van der Waals surface area contributed by atoms with Gasteiger partial charge in [-0.25, -0.2) is 0 Å². The van der Waals surface area contributed by atoms with Gasteiger partial charge in [0.15, 0.2) is 0 Å². The highest BCUT2D eigenvalue weighted by Gasteiger charge is 2.45. The molecule has 4 heteroatoms. The molecule has 0 heterocycles. The van der Waals surface area contributed by atoms with Crippen molar-refractivity contribution in [1.29, 1.82) is 5.26 Å². The Balaban J connectivity index is 1.68. The smallest absolute Gasteiger partial charge is 0.119 e. The number of ether oxygens (including phenoxy) is 1. The van der Waals surface area contributed by atoms with E-state index in [0.717, 1.165) is 6.42 Å². The lowest BCUT2D eigenvalue weighted by Crippen LogP contribution is -2.34. The number of aliphatic hydroxyl groups is 1. The number of hydrogen-bond acceptors (Lipinski definition) is 4. The Morgan fingerprint density at radius 2 is 2.11 bits per heavy atom. The predicted molar refractivity (Wildman–Crippen MR) is 72.8 cm³/mol. The second-order valence-corrected chi connectivity index (χ2v) is 5.75. The van der Waals surface area contributed by atoms with Gasteiger partial charge in [0.2, 0.25) is 0 Å². The van der Waals surface area contributed by atoms with Crippen LogP contribution >= 0.6 is 0 Å². The topological polar surface area (TPSA) is 65.3 Å². The molecule has 1 fully saturated rings. The quantitative estimate of drug-likeness (QED) is 0.817. The van der Waals surface area contributed by atoms with Crippen molar-refractivity contribution in [3.63, 3.8) is 0 Å². The van der Waals surface area contributed by atoms with E-state index in [1.807, 2.05) is 0 Å². The minimum atomic E-state index is -0.521. The van der Waals surface area contributed by atoms with Crippen LogP contribution in [0.25, 0.3) is 0 Å². The van der Waals surface area contributed by atoms with Crippen LogP contribution in [0, 0.1) is 16.7 Å². The zero-order chi connectivity index (χ0) is 13.9. The summed E-state index contributed by atoms with van der Waals surface area (Å²) in [4.78, 5) is 0. The molecular formula is C15H20N2O2. The highest BCUT2D eigenvalue weighted by atomic mass is 16.5. The lowest BCUT2D eigenvalue weighted by Gasteiger charge is -2.14. The maximum atomic E-state index is 9.82. The van der Waals surface area contributed by atoms with Gasteiger partial charge < -0.3 is 15.2 Å². The molecule has 1 saturated carbocycles. The van der Waals surface area contributed by atoms with Crippen LogP contribution in [-0.4, -0.2) is 30.4 Å². The van der Waals surface area contributed by atoms with E-state index in [-0.39, 0.29) is 6.61 Å². The monoisotopic (exact) mass is 260 g/mol. The Morgan fingerprint density at radius 3 is 2.63 bits per heavy atom. The molecule has 1 aliphatic carbocycles. The van der Waals surface area contributed by atoms with Gasteiger partial charge in [-0.3, -0.25) is 0 Å². The van der Waals surface area contributed by atoms with Crippen LogP contribution in [0.15, 0.2) is 24.3 Å². The van der Waals surface area contributed by atoms with Gasteiger partial charge in [-0.2, -0.15) is 5.26 Å². The fourth-order valence-electron chi connectivity index (χ4n) is 1.97. The lowest BCUT2D eigenvalue weighted by atomic mass is 10.2. The molecule has 2 rings (SSSR count). The third kappa shape index (κ3) is 3.95. The summed E-state index contributed by atoms with van der Waals surface area (Å²) in [5.74, 6) is 0.671. The Hall–Kier alpha value is -1.57. The number of nitriles is 1. The van der Waals surface area contributed by atoms with Crippen LogP contribution in [0.3, 0.4) is 0 Å². The minimum absolute atomic E-state index is 0.256. The molecule has 1 aromatic rings. The van der Waals surface area contributed by atoms with Gasteiger partial charge in [0.05, 0.1) is 11.6 Å². The van der Waals surface area contributed by atoms with Crippen molar-refractivity contribution in [2.24, 2.45) is 5.41 Å². The number of rotatable bonds is 6. The van der Waals surface area contributed by atoms with Crippen LogP contribution in [0.4, 0.5) is 0 Å². The van der Waals surface area contributed by atoms with E-state index < -0.39 is 6.10 Å². The summed E-state index contributed by atoms with van der Waals surface area (Å²) in [6.45, 7) is 5.23. The predicted octanol–water partition coefficient (Wildman–Crippen LogP) is 1.69. The van der Waals surface area contributed by atoms with Crippen molar-refractivity contribution in [2.45, 2.75) is 32.4 Å². The van der Waals surface area contributed by atoms with E-state index >= 15 is 0 Å². The average Bonchev–Trinajstić information content (AvgIpc) is 3.02. The lowest BCUT2D eigenvalue weighted by molar-refractivity contribution is 0.105. The Labute approximate surface area is 114 Å². The van der Waals surface area contributed by atoms with Crippen molar-refractivity contribution in [2.75, 3.05) is 13.2 Å². The van der Waals surface area contributed by atoms with Crippen molar-refractivity contribution >= 4 is 0 Å². The Morgan fingerprint density at radius 1 is 1.47 bits per heavy atom. The molecule has 2 N–H and O–H groups in total. The molecule has 0 radical (unpaired) electrons. The largest absolute Gasteiger partial charge is 0.491 e. The fraction of sp³-hybridized carbons (Fsp3) is 0.533. The molecule has 1 aromatic carbocycles. The van der Waals surface area contributed by atoms with Crippen LogP contribution in [0.1, 0.15) is 25.8 Å². The molecule has 0 spiro atoms. The normalized spacial score (nSPS) is 21.5. The molecule has 1 aliphatic rings. The van der Waals surface area contributed by atoms with Crippen molar-refractivity contribution in [3.05, 3.63) is 29.8 Å². The second kappa shape index (κ2) is 5.60. The van der Waals surface area contributed by atoms with Gasteiger partial charge in [-0.05, 0) is 36.1 Å². The molecule has 0 aromatic heterocycles. The van der Waals surface area contributed by atoms with Gasteiger partial charge >= 0.3 is 0 Å². The first kappa shape index (κ1) is 13.9. The molecular weight excluding hydrogens is 240 g/mol. The van der Waals surface area contributed by atoms with Crippen LogP contribution in [0.2, 0.25) is 0 Å². The summed E-state index contributed by atoms with van der Waals surface area (Å²) in [7, 11) is 0. The number of hydrogen-bond donors (Lipinski definition) is 2. The summed E-state index contributed by atoms with van der Waals surface area (Å²) in [6, 6.07) is 9.44. The molecule has 102 valence electrons. The van der Waals surface area contributed by atoms with E-state index in [2.05, 4.69) is 25.2 Å². The van der Waals surface area contributed by atoms with E-state index in [1.165, 1.54) is 0 Å². The van der Waals surface area contributed by atoms with Crippen LogP contribution in [-0.2, 0) is 0 Å². The third-order valence-electron chi connectivity index (χ3n) is 3.54. The number of aliphatic hydroxyl groups excluding tert-OH is 1. The number of nitrogens with one attached hydrogen (secondary N) is 1. The van der Waals surface area contributed by atoms with Crippen molar-refractivity contribution in [3.8, 4) is 11.8 Å². The fourth-order valence-corrected chi connectivity index (χ4v) is 1.97. The van der Waals surface area contributed by atoms with Gasteiger partial charge in [0.1, 0.15) is 18.5 Å². The number of benzene rings is 1. The van der Waals surface area contributed by atoms with Gasteiger partial charge in [-0.15, -0.1) is 0 Å². The van der Waals surface area contributed by atoms with E-state index in [0.29, 0.717) is 29.3 Å². The third-order valence-corrected chi connectivity index (χ3v) is 3.54. The summed E-state index contributed by atoms with van der Waals surface area (Å²) >= 11 is 0. The first-order valence-electron chi connectivity index (χ1n) is 6.56. The van der Waals surface area contributed by atoms with Crippen LogP contribution in [0.5, 0.6) is 5.75 Å². The molecule has 19 heavy (non-hydrogen) atoms. The molecule has 4 nitrogen and oxygen atoms in total. The first-order valence-corrected chi connectivity index (χ1v) is 6.56. The number of nitrogens with zero attached hydrogens (tertiary/aromatic N) is 1. The molecule has 0 bridgehead atoms. The highest BCUT2D eigenvalue weighted by molar-refractivity contribution is 5.34. The zero-order valence-corrected chi connectivity index (χ0v) is 11.4. The Kier molecular flexibility index (Phi) is 4.08. The molecule has 0 amide bonds. The summed E-state index contributed by atoms with van der Waals surface area (Å²) in [5, 5.41) is 21.8. The first-order chi connectivity index (χ1) is 9.01. The summed E-state index contributed by atoms with van der Waals surface area (Å²) < 4.78 is 5.47. The SMILES string of the molecule is CC1(C)CC1NCC(O)COc1ccc(C#N)cc1. The molecule has 0 saturated heterocycles. The molecule has 2 atom stereocenters. The van der Waals surface area contributed by atoms with Crippen molar-refractivity contribution < 1.29 is 9.84 Å². The minimum Gasteiger partial charge on any atom is -0.491 e. The van der Waals surface area contributed by atoms with Gasteiger partial charge in [-0.1, -0.05) is 13.8 Å². The summed E-state index contributed by atoms with van der Waals surface area (Å²) in [6.07, 6.45) is 0.642. The van der Waals surface area contributed by atoms with Crippen LogP contribution < -0.4 is 10.1 Å². The highest BCUT2D eigenvalue weighted by Crippen LogP contribution is 2.44. The standard InChI is InChI=1S/C15H20N2O2/c1-15(2)7-14(15)17-9-12(18)10-19-13-5-3-11(8-16)4-6-13/h3-6,12,14,17-18H,7,9-10H2,1-2H3. The second-order valence-electron chi connectivity index (χ2n) is 5.75. The average molecular weight is 260 g/mol. The van der Waals surface area contributed by atoms with Gasteiger partial charge in [0.25, 0.3) is 0 Å². The van der Waals surface area contributed by atoms with E-state index in [1.54, 1.807) is 24.3 Å². The maximum Gasteiger partial charge on any atom is 0.119 e. The van der Waals surface area contributed by atoms with Crippen molar-refractivity contribution in [1.82, 2.24) is 5.32 Å². The van der Waals surface area contributed by atoms with E-state index in [9.17, 15) is 5.11 Å². The zero-order valence-electron chi connectivity index (χ0n) is 11.4. The Bertz CT molecular complexity index is 462. The maximum absolute atomic E-state index is 9.82. The summed E-state index contributed by atoms with van der Waals surface area (Å²) in [5.41, 5.74) is 0.971. The van der Waals surface area contributed by atoms with Gasteiger partial charge in [0, 0.05) is 12.6 Å². The van der Waals surface area contributed by atoms with E-state index in [4.69, 9.17) is 10.00 Å².